The van der Waals surface area contributed by atoms with E-state index in [1.165, 1.54) is 6.07 Å². The molecule has 0 radical (unpaired) electrons. The third kappa shape index (κ3) is 4.06. The number of halogens is 1. The Morgan fingerprint density at radius 1 is 1.17 bits per heavy atom. The topological polar surface area (TPSA) is 85.1 Å². The molecule has 0 spiro atoms. The van der Waals surface area contributed by atoms with E-state index in [0.29, 0.717) is 11.6 Å². The van der Waals surface area contributed by atoms with Crippen molar-refractivity contribution < 1.29 is 8.42 Å². The molecule has 1 aromatic carbocycles. The van der Waals surface area contributed by atoms with E-state index in [-0.39, 0.29) is 16.1 Å². The summed E-state index contributed by atoms with van der Waals surface area (Å²) in [4.78, 5) is 4.14. The second kappa shape index (κ2) is 7.51. The number of nitrogens with one attached hydrogen (secondary N) is 1. The maximum absolute atomic E-state index is 11.7. The first kappa shape index (κ1) is 18.7. The number of benzene rings is 1. The molecule has 0 aliphatic heterocycles. The van der Waals surface area contributed by atoms with Gasteiger partial charge in [0.1, 0.15) is 10.7 Å². The molecule has 0 bridgehead atoms. The van der Waals surface area contributed by atoms with Crippen LogP contribution in [0.2, 0.25) is 5.02 Å². The largest absolute Gasteiger partial charge is 0.368 e. The Balaban J connectivity index is 2.32. The van der Waals surface area contributed by atoms with Crippen molar-refractivity contribution >= 4 is 27.4 Å². The maximum Gasteiger partial charge on any atom is 0.241 e. The number of nitrogens with zero attached hydrogens (tertiary/aromatic N) is 1. The number of hydrogen-bond acceptors (Lipinski definition) is 4. The quantitative estimate of drug-likeness (QED) is 0.783. The summed E-state index contributed by atoms with van der Waals surface area (Å²) >= 11 is 5.99. The van der Waals surface area contributed by atoms with E-state index in [0.717, 1.165) is 18.4 Å². The zero-order valence-electron chi connectivity index (χ0n) is 13.8. The lowest BCUT2D eigenvalue weighted by molar-refractivity contribution is 0.418. The van der Waals surface area contributed by atoms with E-state index in [1.54, 1.807) is 12.3 Å². The summed E-state index contributed by atoms with van der Waals surface area (Å²) in [5.74, 6) is 0.278. The number of anilines is 1. The molecule has 2 rings (SSSR count). The van der Waals surface area contributed by atoms with Gasteiger partial charge in [0.25, 0.3) is 0 Å². The minimum Gasteiger partial charge on any atom is -0.368 e. The second-order valence-electron chi connectivity index (χ2n) is 5.74. The van der Waals surface area contributed by atoms with Crippen LogP contribution < -0.4 is 10.5 Å². The predicted octanol–water partition coefficient (Wildman–Crippen LogP) is 3.55. The Kier molecular flexibility index (Phi) is 5.85. The number of hydrogen-bond donors (Lipinski definition) is 2. The van der Waals surface area contributed by atoms with Crippen molar-refractivity contribution in [2.75, 3.05) is 11.9 Å². The summed E-state index contributed by atoms with van der Waals surface area (Å²) in [7, 11) is -3.83. The lowest BCUT2D eigenvalue weighted by Crippen LogP contribution is -2.34. The van der Waals surface area contributed by atoms with E-state index >= 15 is 0 Å². The molecule has 0 saturated carbocycles. The number of pyridine rings is 1. The molecule has 5 nitrogen and oxygen atoms in total. The summed E-state index contributed by atoms with van der Waals surface area (Å²) in [5, 5.41) is 9.13. The van der Waals surface area contributed by atoms with Gasteiger partial charge in [-0.15, -0.1) is 0 Å². The molecule has 0 unspecified atom stereocenters. The molecule has 0 atom stereocenters. The smallest absolute Gasteiger partial charge is 0.241 e. The highest BCUT2D eigenvalue weighted by Gasteiger charge is 2.29. The van der Waals surface area contributed by atoms with Crippen molar-refractivity contribution in [2.45, 2.75) is 37.0 Å². The van der Waals surface area contributed by atoms with Gasteiger partial charge in [-0.3, -0.25) is 0 Å². The predicted molar refractivity (Wildman–Crippen MR) is 97.8 cm³/mol. The SMILES string of the molecule is CCC(CC)(CNc1ncccc1S(N)(=O)=O)c1ccc(Cl)cc1. The van der Waals surface area contributed by atoms with Gasteiger partial charge >= 0.3 is 0 Å². The molecule has 0 amide bonds. The third-order valence-corrected chi connectivity index (χ3v) is 5.68. The van der Waals surface area contributed by atoms with Crippen LogP contribution in [0.15, 0.2) is 47.5 Å². The summed E-state index contributed by atoms with van der Waals surface area (Å²) in [6, 6.07) is 10.8. The molecule has 1 aromatic heterocycles. The first-order valence-corrected chi connectivity index (χ1v) is 9.72. The van der Waals surface area contributed by atoms with Crippen LogP contribution in [0.4, 0.5) is 5.82 Å². The average Bonchev–Trinajstić information content (AvgIpc) is 2.57. The van der Waals surface area contributed by atoms with Gasteiger partial charge in [0, 0.05) is 23.2 Å². The minimum atomic E-state index is -3.83. The Hall–Kier alpha value is -1.63. The van der Waals surface area contributed by atoms with Crippen LogP contribution >= 0.6 is 11.6 Å². The van der Waals surface area contributed by atoms with Gasteiger partial charge < -0.3 is 5.32 Å². The molecule has 130 valence electrons. The van der Waals surface area contributed by atoms with Gasteiger partial charge in [-0.25, -0.2) is 18.5 Å². The van der Waals surface area contributed by atoms with Crippen molar-refractivity contribution in [2.24, 2.45) is 5.14 Å². The first-order valence-electron chi connectivity index (χ1n) is 7.80. The fourth-order valence-electron chi connectivity index (χ4n) is 2.82. The van der Waals surface area contributed by atoms with E-state index in [1.807, 2.05) is 24.3 Å². The summed E-state index contributed by atoms with van der Waals surface area (Å²) in [6.45, 7) is 4.76. The number of aromatic nitrogens is 1. The molecule has 0 aliphatic rings. The molecule has 3 N–H and O–H groups in total. The normalized spacial score (nSPS) is 12.2. The van der Waals surface area contributed by atoms with Crippen molar-refractivity contribution in [1.29, 1.82) is 0 Å². The van der Waals surface area contributed by atoms with Crippen LogP contribution in [0, 0.1) is 0 Å². The van der Waals surface area contributed by atoms with E-state index in [2.05, 4.69) is 24.1 Å². The Bertz CT molecular complexity index is 788. The molecule has 0 aliphatic carbocycles. The van der Waals surface area contributed by atoms with Gasteiger partial charge in [0.15, 0.2) is 0 Å². The van der Waals surface area contributed by atoms with Gasteiger partial charge in [-0.1, -0.05) is 37.6 Å². The third-order valence-electron chi connectivity index (χ3n) is 4.48. The molecule has 2 aromatic rings. The Labute approximate surface area is 148 Å². The molecule has 0 saturated heterocycles. The highest BCUT2D eigenvalue weighted by molar-refractivity contribution is 7.89. The van der Waals surface area contributed by atoms with E-state index in [4.69, 9.17) is 16.7 Å². The van der Waals surface area contributed by atoms with Crippen LogP contribution in [0.25, 0.3) is 0 Å². The molecule has 24 heavy (non-hydrogen) atoms. The lowest BCUT2D eigenvalue weighted by Gasteiger charge is -2.33. The van der Waals surface area contributed by atoms with Gasteiger partial charge in [-0.2, -0.15) is 0 Å². The highest BCUT2D eigenvalue weighted by atomic mass is 35.5. The summed E-state index contributed by atoms with van der Waals surface area (Å²) in [5.41, 5.74) is 0.995. The fraction of sp³-hybridized carbons (Fsp3) is 0.353. The number of sulfonamides is 1. The van der Waals surface area contributed by atoms with E-state index in [9.17, 15) is 8.42 Å². The molecular weight excluding hydrogens is 346 g/mol. The molecule has 0 fully saturated rings. The van der Waals surface area contributed by atoms with E-state index < -0.39 is 10.0 Å². The van der Waals surface area contributed by atoms with Crippen LogP contribution in [-0.2, 0) is 15.4 Å². The summed E-state index contributed by atoms with van der Waals surface area (Å²) < 4.78 is 23.4. The first-order chi connectivity index (χ1) is 11.3. The fourth-order valence-corrected chi connectivity index (χ4v) is 3.61. The minimum absolute atomic E-state index is 0.00205. The maximum atomic E-state index is 11.7. The van der Waals surface area contributed by atoms with Crippen LogP contribution in [0.5, 0.6) is 0 Å². The average molecular weight is 368 g/mol. The number of rotatable bonds is 7. The Morgan fingerprint density at radius 3 is 2.33 bits per heavy atom. The van der Waals surface area contributed by atoms with Gasteiger partial charge in [0.05, 0.1) is 0 Å². The monoisotopic (exact) mass is 367 g/mol. The second-order valence-corrected chi connectivity index (χ2v) is 7.71. The van der Waals surface area contributed by atoms with Crippen molar-refractivity contribution in [3.8, 4) is 0 Å². The number of primary sulfonamides is 1. The van der Waals surface area contributed by atoms with Crippen LogP contribution in [0.3, 0.4) is 0 Å². The Morgan fingerprint density at radius 2 is 1.79 bits per heavy atom. The van der Waals surface area contributed by atoms with Crippen LogP contribution in [-0.4, -0.2) is 19.9 Å². The highest BCUT2D eigenvalue weighted by Crippen LogP contribution is 2.33. The van der Waals surface area contributed by atoms with Gasteiger partial charge in [0.2, 0.25) is 10.0 Å². The molecule has 7 heteroatoms. The lowest BCUT2D eigenvalue weighted by atomic mass is 9.76. The van der Waals surface area contributed by atoms with Crippen molar-refractivity contribution in [1.82, 2.24) is 4.98 Å². The zero-order chi connectivity index (χ0) is 17.8. The van der Waals surface area contributed by atoms with Gasteiger partial charge in [-0.05, 0) is 42.7 Å². The zero-order valence-corrected chi connectivity index (χ0v) is 15.4. The van der Waals surface area contributed by atoms with Crippen molar-refractivity contribution in [3.63, 3.8) is 0 Å². The molecule has 1 heterocycles. The summed E-state index contributed by atoms with van der Waals surface area (Å²) in [6.07, 6.45) is 3.31. The van der Waals surface area contributed by atoms with Crippen molar-refractivity contribution in [3.05, 3.63) is 53.2 Å². The molecular formula is C17H22ClN3O2S. The van der Waals surface area contributed by atoms with Crippen LogP contribution in [0.1, 0.15) is 32.3 Å². The number of nitrogens with two attached hydrogens (primary N) is 1. The standard InChI is InChI=1S/C17H22ClN3O2S/c1-3-17(4-2,13-7-9-14(18)10-8-13)12-21-16-15(24(19,22)23)6-5-11-20-16/h5-11H,3-4,12H2,1-2H3,(H,20,21)(H2,19,22,23).